The molecule has 19 heavy (non-hydrogen) atoms. The third-order valence-corrected chi connectivity index (χ3v) is 2.60. The van der Waals surface area contributed by atoms with Crippen LogP contribution in [0.1, 0.15) is 12.6 Å². The summed E-state index contributed by atoms with van der Waals surface area (Å²) >= 11 is 0. The summed E-state index contributed by atoms with van der Waals surface area (Å²) < 4.78 is 7.11. The average Bonchev–Trinajstić information content (AvgIpc) is 2.91. The highest BCUT2D eigenvalue weighted by atomic mass is 16.4. The van der Waals surface area contributed by atoms with Gasteiger partial charge in [0.25, 0.3) is 0 Å². The van der Waals surface area contributed by atoms with Crippen molar-refractivity contribution in [3.8, 4) is 6.01 Å². The van der Waals surface area contributed by atoms with Crippen LogP contribution in [0.15, 0.2) is 34.7 Å². The number of nitrogens with zero attached hydrogens (tertiary/aromatic N) is 3. The van der Waals surface area contributed by atoms with Crippen molar-refractivity contribution >= 4 is 22.8 Å². The SMILES string of the molecule is CC(=O)Nc1cc(C)nn1-c1nc2ccccc2o1. The number of aromatic nitrogens is 3. The summed E-state index contributed by atoms with van der Waals surface area (Å²) in [6, 6.07) is 9.55. The third-order valence-electron chi connectivity index (χ3n) is 2.60. The van der Waals surface area contributed by atoms with Crippen LogP contribution < -0.4 is 5.32 Å². The molecule has 1 N–H and O–H groups in total. The molecule has 0 bridgehead atoms. The van der Waals surface area contributed by atoms with Gasteiger partial charge >= 0.3 is 6.01 Å². The number of aryl methyl sites for hydroxylation is 1. The summed E-state index contributed by atoms with van der Waals surface area (Å²) in [5, 5.41) is 6.97. The van der Waals surface area contributed by atoms with Gasteiger partial charge in [0.15, 0.2) is 5.58 Å². The van der Waals surface area contributed by atoms with Crippen LogP contribution in [0.3, 0.4) is 0 Å². The number of hydrogen-bond donors (Lipinski definition) is 1. The number of carbonyl (C=O) groups is 1. The van der Waals surface area contributed by atoms with E-state index in [0.29, 0.717) is 17.4 Å². The molecule has 0 aliphatic rings. The van der Waals surface area contributed by atoms with Gasteiger partial charge in [0, 0.05) is 13.0 Å². The van der Waals surface area contributed by atoms with Gasteiger partial charge in [-0.05, 0) is 19.1 Å². The lowest BCUT2D eigenvalue weighted by molar-refractivity contribution is -0.114. The number of carbonyl (C=O) groups excluding carboxylic acids is 1. The van der Waals surface area contributed by atoms with Crippen molar-refractivity contribution in [2.45, 2.75) is 13.8 Å². The molecule has 2 aromatic heterocycles. The zero-order valence-electron chi connectivity index (χ0n) is 10.5. The lowest BCUT2D eigenvalue weighted by Gasteiger charge is -2.02. The molecule has 0 aliphatic heterocycles. The molecule has 0 radical (unpaired) electrons. The highest BCUT2D eigenvalue weighted by Crippen LogP contribution is 2.21. The summed E-state index contributed by atoms with van der Waals surface area (Å²) in [6.07, 6.45) is 0. The lowest BCUT2D eigenvalue weighted by atomic mass is 10.3. The number of fused-ring (bicyclic) bond motifs is 1. The summed E-state index contributed by atoms with van der Waals surface area (Å²) in [6.45, 7) is 3.28. The second-order valence-corrected chi connectivity index (χ2v) is 4.23. The predicted octanol–water partition coefficient (Wildman–Crippen LogP) is 2.28. The summed E-state index contributed by atoms with van der Waals surface area (Å²) in [5.41, 5.74) is 2.20. The Balaban J connectivity index is 2.12. The molecule has 0 atom stereocenters. The Kier molecular flexibility index (Phi) is 2.56. The molecule has 0 saturated heterocycles. The number of oxazole rings is 1. The molecule has 1 amide bonds. The van der Waals surface area contributed by atoms with Crippen molar-refractivity contribution in [2.24, 2.45) is 0 Å². The van der Waals surface area contributed by atoms with E-state index in [0.717, 1.165) is 11.2 Å². The van der Waals surface area contributed by atoms with E-state index >= 15 is 0 Å². The molecule has 96 valence electrons. The van der Waals surface area contributed by atoms with Crippen molar-refractivity contribution in [3.63, 3.8) is 0 Å². The van der Waals surface area contributed by atoms with Gasteiger partial charge < -0.3 is 9.73 Å². The van der Waals surface area contributed by atoms with E-state index in [2.05, 4.69) is 15.4 Å². The van der Waals surface area contributed by atoms with Crippen LogP contribution in [0.2, 0.25) is 0 Å². The van der Waals surface area contributed by atoms with E-state index in [4.69, 9.17) is 4.42 Å². The normalized spacial score (nSPS) is 10.8. The third kappa shape index (κ3) is 2.08. The molecule has 6 heteroatoms. The van der Waals surface area contributed by atoms with Crippen LogP contribution in [0.5, 0.6) is 0 Å². The Morgan fingerprint density at radius 3 is 2.89 bits per heavy atom. The first kappa shape index (κ1) is 11.5. The number of amides is 1. The first-order chi connectivity index (χ1) is 9.13. The molecule has 3 rings (SSSR count). The van der Waals surface area contributed by atoms with E-state index in [-0.39, 0.29) is 5.91 Å². The minimum absolute atomic E-state index is 0.169. The first-order valence-corrected chi connectivity index (χ1v) is 5.84. The Labute approximate surface area is 109 Å². The number of nitrogens with one attached hydrogen (secondary N) is 1. The topological polar surface area (TPSA) is 73.0 Å². The smallest absolute Gasteiger partial charge is 0.325 e. The Morgan fingerprint density at radius 2 is 2.16 bits per heavy atom. The second kappa shape index (κ2) is 4.24. The minimum Gasteiger partial charge on any atom is -0.422 e. The molecule has 3 aromatic rings. The van der Waals surface area contributed by atoms with Crippen LogP contribution in [-0.2, 0) is 4.79 Å². The van der Waals surface area contributed by atoms with Crippen LogP contribution in [0.4, 0.5) is 5.82 Å². The molecule has 0 spiro atoms. The van der Waals surface area contributed by atoms with Gasteiger partial charge in [-0.2, -0.15) is 14.8 Å². The van der Waals surface area contributed by atoms with E-state index in [1.54, 1.807) is 6.07 Å². The summed E-state index contributed by atoms with van der Waals surface area (Å²) in [7, 11) is 0. The fourth-order valence-electron chi connectivity index (χ4n) is 1.87. The Hall–Kier alpha value is -2.63. The number of anilines is 1. The molecule has 2 heterocycles. The molecule has 6 nitrogen and oxygen atoms in total. The fourth-order valence-corrected chi connectivity index (χ4v) is 1.87. The average molecular weight is 256 g/mol. The Bertz CT molecular complexity index is 724. The van der Waals surface area contributed by atoms with Gasteiger partial charge in [-0.1, -0.05) is 12.1 Å². The van der Waals surface area contributed by atoms with Crippen LogP contribution in [0.25, 0.3) is 17.1 Å². The number of rotatable bonds is 2. The van der Waals surface area contributed by atoms with Crippen LogP contribution in [0, 0.1) is 6.92 Å². The molecule has 0 aliphatic carbocycles. The van der Waals surface area contributed by atoms with E-state index in [1.807, 2.05) is 31.2 Å². The summed E-state index contributed by atoms with van der Waals surface area (Å²) in [5.74, 6) is 0.369. The largest absolute Gasteiger partial charge is 0.422 e. The second-order valence-electron chi connectivity index (χ2n) is 4.23. The fraction of sp³-hybridized carbons (Fsp3) is 0.154. The highest BCUT2D eigenvalue weighted by molar-refractivity contribution is 5.88. The predicted molar refractivity (Wildman–Crippen MR) is 70.2 cm³/mol. The van der Waals surface area contributed by atoms with E-state index in [1.165, 1.54) is 11.6 Å². The highest BCUT2D eigenvalue weighted by Gasteiger charge is 2.14. The monoisotopic (exact) mass is 256 g/mol. The molecule has 0 saturated carbocycles. The van der Waals surface area contributed by atoms with Gasteiger partial charge in [0.2, 0.25) is 5.91 Å². The van der Waals surface area contributed by atoms with Crippen molar-refractivity contribution in [1.29, 1.82) is 0 Å². The Morgan fingerprint density at radius 1 is 1.37 bits per heavy atom. The van der Waals surface area contributed by atoms with E-state index < -0.39 is 0 Å². The van der Waals surface area contributed by atoms with Gasteiger partial charge in [-0.25, -0.2) is 0 Å². The zero-order chi connectivity index (χ0) is 13.4. The van der Waals surface area contributed by atoms with E-state index in [9.17, 15) is 4.79 Å². The molecule has 1 aromatic carbocycles. The van der Waals surface area contributed by atoms with Gasteiger partial charge in [0.1, 0.15) is 11.3 Å². The molecular formula is C13H12N4O2. The van der Waals surface area contributed by atoms with Gasteiger partial charge in [-0.15, -0.1) is 0 Å². The number of benzene rings is 1. The minimum atomic E-state index is -0.169. The van der Waals surface area contributed by atoms with Crippen LogP contribution >= 0.6 is 0 Å². The summed E-state index contributed by atoms with van der Waals surface area (Å²) in [4.78, 5) is 15.5. The van der Waals surface area contributed by atoms with Gasteiger partial charge in [-0.3, -0.25) is 4.79 Å². The van der Waals surface area contributed by atoms with Gasteiger partial charge in [0.05, 0.1) is 5.69 Å². The van der Waals surface area contributed by atoms with Crippen molar-refractivity contribution in [2.75, 3.05) is 5.32 Å². The number of hydrogen-bond acceptors (Lipinski definition) is 4. The molecular weight excluding hydrogens is 244 g/mol. The standard InChI is InChI=1S/C13H12N4O2/c1-8-7-12(14-9(2)18)17(16-8)13-15-10-5-3-4-6-11(10)19-13/h3-7H,1-2H3,(H,14,18). The van der Waals surface area contributed by atoms with Crippen molar-refractivity contribution in [3.05, 3.63) is 36.0 Å². The quantitative estimate of drug-likeness (QED) is 0.763. The molecule has 0 unspecified atom stereocenters. The van der Waals surface area contributed by atoms with Crippen molar-refractivity contribution in [1.82, 2.24) is 14.8 Å². The molecule has 0 fully saturated rings. The maximum atomic E-state index is 11.2. The van der Waals surface area contributed by atoms with Crippen LogP contribution in [-0.4, -0.2) is 20.7 Å². The zero-order valence-corrected chi connectivity index (χ0v) is 10.5. The first-order valence-electron chi connectivity index (χ1n) is 5.84. The van der Waals surface area contributed by atoms with Crippen molar-refractivity contribution < 1.29 is 9.21 Å². The maximum absolute atomic E-state index is 11.2. The lowest BCUT2D eigenvalue weighted by Crippen LogP contribution is -2.11. The maximum Gasteiger partial charge on any atom is 0.325 e. The number of para-hydroxylation sites is 2.